The van der Waals surface area contributed by atoms with Gasteiger partial charge in [-0.05, 0) is 99.1 Å². The van der Waals surface area contributed by atoms with Crippen LogP contribution in [0.4, 0.5) is 11.4 Å². The molecule has 13 rings (SSSR count). The molecule has 7 heteroatoms. The smallest absolute Gasteiger partial charge is 0.198 e. The number of nitrogens with zero attached hydrogens (tertiary/aromatic N) is 3. The van der Waals surface area contributed by atoms with Gasteiger partial charge in [0.05, 0.1) is 27.8 Å². The lowest BCUT2D eigenvalue weighted by Gasteiger charge is -2.24. The quantitative estimate of drug-likeness (QED) is 0.179. The lowest BCUT2D eigenvalue weighted by atomic mass is 9.58. The lowest BCUT2D eigenvalue weighted by molar-refractivity contribution is 0.590. The highest BCUT2D eigenvalue weighted by molar-refractivity contribution is 6.74. The van der Waals surface area contributed by atoms with E-state index in [-0.39, 0.29) is 16.2 Å². The number of hydrogen-bond acceptors (Lipinski definition) is 4. The zero-order valence-electron chi connectivity index (χ0n) is 41.1. The molecule has 0 spiro atoms. The predicted molar refractivity (Wildman–Crippen MR) is 293 cm³/mol. The van der Waals surface area contributed by atoms with Crippen LogP contribution >= 0.6 is 0 Å². The third kappa shape index (κ3) is 6.28. The molecular weight excluding hydrogens is 844 g/mol. The molecule has 5 heterocycles. The van der Waals surface area contributed by atoms with E-state index in [2.05, 4.69) is 223 Å². The monoisotopic (exact) mass is 898 g/mol. The molecule has 4 aromatic heterocycles. The molecule has 0 aliphatic carbocycles. The molecule has 0 bridgehead atoms. The molecule has 0 atom stereocenters. The first-order valence-corrected chi connectivity index (χ1v) is 24.4. The molecule has 69 heavy (non-hydrogen) atoms. The third-order valence-electron chi connectivity index (χ3n) is 15.0. The molecule has 6 nitrogen and oxygen atoms in total. The van der Waals surface area contributed by atoms with Crippen LogP contribution in [0.25, 0.3) is 105 Å². The summed E-state index contributed by atoms with van der Waals surface area (Å²) in [7, 11) is 2.83. The number of hydrogen-bond donors (Lipinski definition) is 1. The van der Waals surface area contributed by atoms with Crippen LogP contribution < -0.4 is 16.2 Å². The van der Waals surface area contributed by atoms with Crippen LogP contribution in [0.15, 0.2) is 148 Å². The van der Waals surface area contributed by atoms with Gasteiger partial charge in [0, 0.05) is 73.5 Å². The molecule has 0 unspecified atom stereocenters. The highest BCUT2D eigenvalue weighted by Crippen LogP contribution is 2.49. The number of para-hydroxylation sites is 1. The summed E-state index contributed by atoms with van der Waals surface area (Å²) >= 11 is 0. The van der Waals surface area contributed by atoms with E-state index in [9.17, 15) is 0 Å². The van der Waals surface area contributed by atoms with E-state index in [1.165, 1.54) is 55.1 Å². The molecule has 0 saturated heterocycles. The zero-order chi connectivity index (χ0) is 47.5. The van der Waals surface area contributed by atoms with Crippen molar-refractivity contribution in [2.24, 2.45) is 7.05 Å². The Labute approximate surface area is 402 Å². The van der Waals surface area contributed by atoms with E-state index in [0.29, 0.717) is 7.28 Å². The summed E-state index contributed by atoms with van der Waals surface area (Å²) in [6, 6.07) is 51.1. The number of aryl methyl sites for hydroxylation is 1. The van der Waals surface area contributed by atoms with Gasteiger partial charge in [0.15, 0.2) is 7.28 Å². The fraction of sp³-hybridized carbons (Fsp3) is 0.210. The number of rotatable bonds is 4. The number of anilines is 2. The molecule has 0 radical (unpaired) electrons. The Kier molecular flexibility index (Phi) is 8.62. The number of furan rings is 2. The number of aromatic nitrogens is 3. The first-order chi connectivity index (χ1) is 33.0. The fourth-order valence-electron chi connectivity index (χ4n) is 11.2. The maximum Gasteiger partial charge on any atom is 0.198 e. The molecule has 338 valence electrons. The van der Waals surface area contributed by atoms with Crippen LogP contribution in [-0.2, 0) is 23.3 Å². The van der Waals surface area contributed by atoms with Crippen molar-refractivity contribution in [1.29, 1.82) is 0 Å². The SMILES string of the molecule is Cn1c(-c2ccccc2)nc2cc3c(cc21)-n1c2ccc(C(C)(C)C)cc2c2c4c(oc5ccccc54)c(-c4cc5c(cc4Nc4ccc(C(C)(C)C)cc4)oc4ccc(C(C)(C)C)cc45)c(c21)B3. The van der Waals surface area contributed by atoms with Crippen molar-refractivity contribution in [3.05, 3.63) is 156 Å². The Bertz CT molecular complexity index is 4120. The summed E-state index contributed by atoms with van der Waals surface area (Å²) in [5, 5.41) is 10.8. The average Bonchev–Trinajstić information content (AvgIpc) is 4.06. The van der Waals surface area contributed by atoms with Gasteiger partial charge in [-0.1, -0.05) is 141 Å². The predicted octanol–water partition coefficient (Wildman–Crippen LogP) is 15.1. The summed E-state index contributed by atoms with van der Waals surface area (Å²) in [5.74, 6) is 0.953. The van der Waals surface area contributed by atoms with Crippen molar-refractivity contribution in [2.45, 2.75) is 78.6 Å². The summed E-state index contributed by atoms with van der Waals surface area (Å²) in [5.41, 5.74) is 20.6. The normalized spacial score (nSPS) is 13.2. The minimum atomic E-state index is -0.0585. The molecular formula is C62H55BN4O2. The maximum absolute atomic E-state index is 7.32. The molecule has 8 aromatic carbocycles. The van der Waals surface area contributed by atoms with Crippen molar-refractivity contribution >= 4 is 106 Å². The average molecular weight is 899 g/mol. The molecule has 1 aliphatic rings. The summed E-state index contributed by atoms with van der Waals surface area (Å²) in [6.07, 6.45) is 0. The van der Waals surface area contributed by atoms with E-state index in [1.807, 2.05) is 0 Å². The second kappa shape index (κ2) is 14.3. The Morgan fingerprint density at radius 2 is 1.20 bits per heavy atom. The largest absolute Gasteiger partial charge is 0.456 e. The molecule has 1 aliphatic heterocycles. The standard InChI is InChI=1S/C62H55BN4O2/c1-60(2,3)35-20-24-38(25-21-35)64-45-32-52-41(40-28-37(62(7,8)9)23-27-51(40)68-52)30-42(45)55-56-57-53(54-39-18-14-15-19-50(39)69-58(54)55)43-29-36(61(4,5)6)22-26-47(43)67(57)48-33-49-46(31-44(48)63-56)65-59(66(49)10)34-16-12-11-13-17-34/h11-33,63-64H,1-10H3. The Hall–Kier alpha value is -7.51. The molecule has 12 aromatic rings. The van der Waals surface area contributed by atoms with Gasteiger partial charge in [0.1, 0.15) is 28.2 Å². The Morgan fingerprint density at radius 1 is 0.551 bits per heavy atom. The van der Waals surface area contributed by atoms with Crippen LogP contribution in [0, 0.1) is 0 Å². The molecule has 0 saturated carbocycles. The Balaban J connectivity index is 1.18. The van der Waals surface area contributed by atoms with Gasteiger partial charge < -0.3 is 23.3 Å². The number of imidazole rings is 1. The van der Waals surface area contributed by atoms with E-state index in [1.54, 1.807) is 0 Å². The van der Waals surface area contributed by atoms with Crippen LogP contribution in [0.3, 0.4) is 0 Å². The Morgan fingerprint density at radius 3 is 1.94 bits per heavy atom. The van der Waals surface area contributed by atoms with Crippen LogP contribution in [0.2, 0.25) is 0 Å². The lowest BCUT2D eigenvalue weighted by Crippen LogP contribution is -2.37. The summed E-state index contributed by atoms with van der Waals surface area (Å²) in [4.78, 5) is 5.32. The van der Waals surface area contributed by atoms with Crippen LogP contribution in [0.1, 0.15) is 79.0 Å². The second-order valence-electron chi connectivity index (χ2n) is 22.6. The maximum atomic E-state index is 7.32. The molecule has 0 fully saturated rings. The highest BCUT2D eigenvalue weighted by atomic mass is 16.3. The van der Waals surface area contributed by atoms with Crippen LogP contribution in [-0.4, -0.2) is 21.4 Å². The zero-order valence-corrected chi connectivity index (χ0v) is 41.1. The topological polar surface area (TPSA) is 61.1 Å². The van der Waals surface area contributed by atoms with Gasteiger partial charge in [-0.15, -0.1) is 0 Å². The first-order valence-electron chi connectivity index (χ1n) is 24.4. The minimum absolute atomic E-state index is 0.0279. The molecule has 0 amide bonds. The first kappa shape index (κ1) is 41.7. The van der Waals surface area contributed by atoms with Crippen LogP contribution in [0.5, 0.6) is 0 Å². The van der Waals surface area contributed by atoms with Crippen molar-refractivity contribution in [3.63, 3.8) is 0 Å². The summed E-state index contributed by atoms with van der Waals surface area (Å²) < 4.78 is 18.9. The number of benzene rings is 8. The fourth-order valence-corrected chi connectivity index (χ4v) is 11.2. The van der Waals surface area contributed by atoms with Gasteiger partial charge in [0.25, 0.3) is 0 Å². The van der Waals surface area contributed by atoms with E-state index in [0.717, 1.165) is 88.8 Å². The van der Waals surface area contributed by atoms with E-state index in [4.69, 9.17) is 13.8 Å². The third-order valence-corrected chi connectivity index (χ3v) is 15.0. The number of nitrogens with one attached hydrogen (secondary N) is 1. The second-order valence-corrected chi connectivity index (χ2v) is 22.6. The van der Waals surface area contributed by atoms with Gasteiger partial charge in [0.2, 0.25) is 0 Å². The van der Waals surface area contributed by atoms with E-state index < -0.39 is 0 Å². The number of fused-ring (bicyclic) bond motifs is 13. The van der Waals surface area contributed by atoms with Crippen molar-refractivity contribution < 1.29 is 8.83 Å². The van der Waals surface area contributed by atoms with Crippen molar-refractivity contribution in [2.75, 3.05) is 5.32 Å². The van der Waals surface area contributed by atoms with Crippen molar-refractivity contribution in [3.8, 4) is 28.2 Å². The van der Waals surface area contributed by atoms with Gasteiger partial charge >= 0.3 is 0 Å². The summed E-state index contributed by atoms with van der Waals surface area (Å²) in [6.45, 7) is 20.5. The van der Waals surface area contributed by atoms with Crippen molar-refractivity contribution in [1.82, 2.24) is 14.1 Å². The van der Waals surface area contributed by atoms with Gasteiger partial charge in [-0.25, -0.2) is 4.98 Å². The van der Waals surface area contributed by atoms with Gasteiger partial charge in [-0.3, -0.25) is 0 Å². The van der Waals surface area contributed by atoms with Gasteiger partial charge in [-0.2, -0.15) is 0 Å². The van der Waals surface area contributed by atoms with E-state index >= 15 is 0 Å². The minimum Gasteiger partial charge on any atom is -0.456 e. The molecule has 1 N–H and O–H groups in total. The highest BCUT2D eigenvalue weighted by Gasteiger charge is 2.34.